The molecule has 1 atom stereocenters. The summed E-state index contributed by atoms with van der Waals surface area (Å²) in [5.74, 6) is 0. The van der Waals surface area contributed by atoms with E-state index in [4.69, 9.17) is 0 Å². The molecule has 1 saturated heterocycles. The first-order chi connectivity index (χ1) is 10.3. The van der Waals surface area contributed by atoms with Gasteiger partial charge in [0.25, 0.3) is 0 Å². The smallest absolute Gasteiger partial charge is 0.127 e. The molecule has 108 valence electrons. The summed E-state index contributed by atoms with van der Waals surface area (Å²) in [6.07, 6.45) is 1.11. The third-order valence-electron chi connectivity index (χ3n) is 3.83. The number of hydrogen-bond donors (Lipinski definition) is 1. The minimum Gasteiger partial charge on any atom is -0.370 e. The van der Waals surface area contributed by atoms with Crippen molar-refractivity contribution >= 4 is 16.5 Å². The Hall–Kier alpha value is -1.90. The third-order valence-corrected chi connectivity index (χ3v) is 4.70. The van der Waals surface area contributed by atoms with Crippen LogP contribution in [0.5, 0.6) is 0 Å². The zero-order valence-corrected chi connectivity index (χ0v) is 12.9. The van der Waals surface area contributed by atoms with E-state index in [0.29, 0.717) is 11.6 Å². The summed E-state index contributed by atoms with van der Waals surface area (Å²) in [5, 5.41) is 13.6. The number of nitrogens with one attached hydrogen (secondary N) is 1. The fraction of sp³-hybridized carbons (Fsp3) is 0.375. The second-order valence-corrected chi connectivity index (χ2v) is 6.21. The Kier molecular flexibility index (Phi) is 4.18. The van der Waals surface area contributed by atoms with Gasteiger partial charge in [0.15, 0.2) is 0 Å². The first-order valence-electron chi connectivity index (χ1n) is 7.15. The molecule has 2 heterocycles. The number of likely N-dealkylation sites (tertiary alicyclic amines) is 1. The van der Waals surface area contributed by atoms with Gasteiger partial charge >= 0.3 is 0 Å². The number of aromatic nitrogens is 1. The molecular formula is C16H18N4S. The molecule has 1 aliphatic heterocycles. The van der Waals surface area contributed by atoms with Crippen LogP contribution in [0.3, 0.4) is 0 Å². The van der Waals surface area contributed by atoms with Crippen LogP contribution in [0.4, 0.5) is 5.00 Å². The Morgan fingerprint density at radius 1 is 1.43 bits per heavy atom. The molecule has 1 aliphatic rings. The topological polar surface area (TPSA) is 52.0 Å². The Morgan fingerprint density at radius 3 is 3.00 bits per heavy atom. The third kappa shape index (κ3) is 3.23. The minimum absolute atomic E-state index is 0.403. The zero-order valence-electron chi connectivity index (χ0n) is 12.0. The van der Waals surface area contributed by atoms with E-state index in [0.717, 1.165) is 36.8 Å². The van der Waals surface area contributed by atoms with Crippen LogP contribution in [0.2, 0.25) is 0 Å². The molecule has 21 heavy (non-hydrogen) atoms. The second kappa shape index (κ2) is 6.25. The first kappa shape index (κ1) is 14.1. The van der Waals surface area contributed by atoms with Crippen LogP contribution in [0, 0.1) is 18.3 Å². The van der Waals surface area contributed by atoms with Crippen molar-refractivity contribution in [1.82, 2.24) is 9.27 Å². The van der Waals surface area contributed by atoms with Crippen LogP contribution >= 0.6 is 11.5 Å². The molecule has 0 aliphatic carbocycles. The van der Waals surface area contributed by atoms with E-state index >= 15 is 0 Å². The predicted molar refractivity (Wildman–Crippen MR) is 85.3 cm³/mol. The summed E-state index contributed by atoms with van der Waals surface area (Å²) < 4.78 is 4.26. The van der Waals surface area contributed by atoms with E-state index < -0.39 is 0 Å². The molecule has 0 amide bonds. The van der Waals surface area contributed by atoms with Gasteiger partial charge in [-0.2, -0.15) is 9.64 Å². The molecule has 3 rings (SSSR count). The maximum Gasteiger partial charge on any atom is 0.127 e. The number of nitrogens with zero attached hydrogens (tertiary/aromatic N) is 3. The molecule has 1 unspecified atom stereocenters. The Labute approximate surface area is 129 Å². The number of nitriles is 1. The summed E-state index contributed by atoms with van der Waals surface area (Å²) in [7, 11) is 0. The standard InChI is InChI=1S/C16H18N4S/c1-12-15(9-17)16(21-19-12)18-14-7-8-20(11-14)10-13-5-3-2-4-6-13/h2-6,14,18H,7-8,10-11H2,1H3. The number of benzene rings is 1. The molecule has 0 saturated carbocycles. The minimum atomic E-state index is 0.403. The fourth-order valence-electron chi connectivity index (χ4n) is 2.72. The van der Waals surface area contributed by atoms with Crippen molar-refractivity contribution in [2.24, 2.45) is 0 Å². The van der Waals surface area contributed by atoms with Gasteiger partial charge in [-0.3, -0.25) is 4.90 Å². The molecule has 0 bridgehead atoms. The molecule has 0 radical (unpaired) electrons. The van der Waals surface area contributed by atoms with Crippen molar-refractivity contribution in [2.45, 2.75) is 25.9 Å². The van der Waals surface area contributed by atoms with Gasteiger partial charge in [0.2, 0.25) is 0 Å². The van der Waals surface area contributed by atoms with Gasteiger partial charge in [0, 0.05) is 25.7 Å². The number of anilines is 1. The van der Waals surface area contributed by atoms with E-state index in [1.165, 1.54) is 17.1 Å². The molecule has 5 heteroatoms. The van der Waals surface area contributed by atoms with Gasteiger partial charge in [0.05, 0.1) is 5.69 Å². The Bertz CT molecular complexity index is 644. The lowest BCUT2D eigenvalue weighted by molar-refractivity contribution is 0.328. The van der Waals surface area contributed by atoms with Crippen LogP contribution in [0.15, 0.2) is 30.3 Å². The van der Waals surface area contributed by atoms with E-state index in [1.807, 2.05) is 13.0 Å². The maximum atomic E-state index is 9.18. The highest BCUT2D eigenvalue weighted by molar-refractivity contribution is 7.10. The summed E-state index contributed by atoms with van der Waals surface area (Å²) >= 11 is 1.39. The normalized spacial score (nSPS) is 18.6. The van der Waals surface area contributed by atoms with Gasteiger partial charge < -0.3 is 5.32 Å². The van der Waals surface area contributed by atoms with Crippen LogP contribution in [0.1, 0.15) is 23.2 Å². The zero-order chi connectivity index (χ0) is 14.7. The van der Waals surface area contributed by atoms with Crippen LogP contribution in [0.25, 0.3) is 0 Å². The molecule has 1 aromatic carbocycles. The van der Waals surface area contributed by atoms with Crippen LogP contribution in [-0.4, -0.2) is 28.4 Å². The van der Waals surface area contributed by atoms with Gasteiger partial charge in [-0.1, -0.05) is 30.3 Å². The molecule has 2 aromatic rings. The molecular weight excluding hydrogens is 280 g/mol. The fourth-order valence-corrected chi connectivity index (χ4v) is 3.54. The van der Waals surface area contributed by atoms with Gasteiger partial charge in [-0.25, -0.2) is 0 Å². The molecule has 1 aromatic heterocycles. The number of aryl methyl sites for hydroxylation is 1. The molecule has 0 spiro atoms. The highest BCUT2D eigenvalue weighted by Crippen LogP contribution is 2.26. The highest BCUT2D eigenvalue weighted by atomic mass is 32.1. The summed E-state index contributed by atoms with van der Waals surface area (Å²) in [6.45, 7) is 4.98. The van der Waals surface area contributed by atoms with Gasteiger partial charge in [0.1, 0.15) is 16.6 Å². The van der Waals surface area contributed by atoms with E-state index in [9.17, 15) is 5.26 Å². The van der Waals surface area contributed by atoms with Crippen molar-refractivity contribution in [2.75, 3.05) is 18.4 Å². The lowest BCUT2D eigenvalue weighted by atomic mass is 10.2. The number of rotatable bonds is 4. The lowest BCUT2D eigenvalue weighted by Gasteiger charge is -2.16. The van der Waals surface area contributed by atoms with Gasteiger partial charge in [-0.05, 0) is 30.4 Å². The lowest BCUT2D eigenvalue weighted by Crippen LogP contribution is -2.25. The van der Waals surface area contributed by atoms with Crippen molar-refractivity contribution < 1.29 is 0 Å². The summed E-state index contributed by atoms with van der Waals surface area (Å²) in [6, 6.07) is 13.2. The second-order valence-electron chi connectivity index (χ2n) is 5.43. The Morgan fingerprint density at radius 2 is 2.24 bits per heavy atom. The first-order valence-corrected chi connectivity index (χ1v) is 7.93. The van der Waals surface area contributed by atoms with E-state index in [1.54, 1.807) is 0 Å². The van der Waals surface area contributed by atoms with Crippen molar-refractivity contribution in [1.29, 1.82) is 5.26 Å². The van der Waals surface area contributed by atoms with Crippen molar-refractivity contribution in [3.05, 3.63) is 47.2 Å². The largest absolute Gasteiger partial charge is 0.370 e. The quantitative estimate of drug-likeness (QED) is 0.942. The van der Waals surface area contributed by atoms with Crippen molar-refractivity contribution in [3.63, 3.8) is 0 Å². The van der Waals surface area contributed by atoms with E-state index in [-0.39, 0.29) is 0 Å². The maximum absolute atomic E-state index is 9.18. The molecule has 1 fully saturated rings. The number of hydrogen-bond acceptors (Lipinski definition) is 5. The van der Waals surface area contributed by atoms with E-state index in [2.05, 4.69) is 44.9 Å². The average Bonchev–Trinajstić information content (AvgIpc) is 3.07. The summed E-state index contributed by atoms with van der Waals surface area (Å²) in [5.41, 5.74) is 2.87. The average molecular weight is 298 g/mol. The van der Waals surface area contributed by atoms with Crippen LogP contribution in [-0.2, 0) is 6.54 Å². The molecule has 1 N–H and O–H groups in total. The van der Waals surface area contributed by atoms with Gasteiger partial charge in [-0.15, -0.1) is 0 Å². The predicted octanol–water partition coefficient (Wildman–Crippen LogP) is 3.01. The highest BCUT2D eigenvalue weighted by Gasteiger charge is 2.24. The Balaban J connectivity index is 1.59. The monoisotopic (exact) mass is 298 g/mol. The SMILES string of the molecule is Cc1nsc(NC2CCN(Cc3ccccc3)C2)c1C#N. The van der Waals surface area contributed by atoms with Crippen LogP contribution < -0.4 is 5.32 Å². The van der Waals surface area contributed by atoms with Crippen molar-refractivity contribution in [3.8, 4) is 6.07 Å². The summed E-state index contributed by atoms with van der Waals surface area (Å²) in [4.78, 5) is 2.45. The molecule has 4 nitrogen and oxygen atoms in total.